The second kappa shape index (κ2) is 3.70. The van der Waals surface area contributed by atoms with Crippen LogP contribution >= 0.6 is 0 Å². The molecule has 0 aromatic carbocycles. The van der Waals surface area contributed by atoms with Crippen LogP contribution in [0.5, 0.6) is 0 Å². The van der Waals surface area contributed by atoms with E-state index in [1.54, 1.807) is 6.08 Å². The smallest absolute Gasteiger partial charge is 0.0371 e. The van der Waals surface area contributed by atoms with Crippen molar-refractivity contribution in [1.29, 1.82) is 0 Å². The van der Waals surface area contributed by atoms with E-state index in [4.69, 9.17) is 0 Å². The summed E-state index contributed by atoms with van der Waals surface area (Å²) in [5.41, 5.74) is 2.33. The highest BCUT2D eigenvalue weighted by atomic mass is 14.8. The molecule has 1 aliphatic rings. The molecule has 0 aliphatic heterocycles. The van der Waals surface area contributed by atoms with E-state index < -0.39 is 0 Å². The van der Waals surface area contributed by atoms with E-state index in [2.05, 4.69) is 25.4 Å². The van der Waals surface area contributed by atoms with E-state index in [1.165, 1.54) is 12.1 Å². The number of rotatable bonds is 3. The first-order valence-corrected chi connectivity index (χ1v) is 4.49. The summed E-state index contributed by atoms with van der Waals surface area (Å²) in [6.07, 6.45) is 5.04. The fourth-order valence-electron chi connectivity index (χ4n) is 1.47. The molecular weight excluding hydrogens is 146 g/mol. The Balaban J connectivity index is 2.56. The molecule has 12 heavy (non-hydrogen) atoms. The van der Waals surface area contributed by atoms with Gasteiger partial charge in [-0.15, -0.1) is 0 Å². The van der Waals surface area contributed by atoms with Crippen LogP contribution < -0.4 is 0 Å². The average molecular weight is 163 g/mol. The van der Waals surface area contributed by atoms with E-state index >= 15 is 0 Å². The van der Waals surface area contributed by atoms with Crippen LogP contribution in [-0.2, 0) is 0 Å². The summed E-state index contributed by atoms with van der Waals surface area (Å²) in [7, 11) is 0. The molecule has 0 aromatic rings. The lowest BCUT2D eigenvalue weighted by Crippen LogP contribution is -1.95. The van der Waals surface area contributed by atoms with Crippen LogP contribution in [0.1, 0.15) is 27.2 Å². The maximum Gasteiger partial charge on any atom is 0.0371 e. The Morgan fingerprint density at radius 2 is 2.08 bits per heavy atom. The van der Waals surface area contributed by atoms with Gasteiger partial charge in [-0.1, -0.05) is 19.6 Å². The summed E-state index contributed by atoms with van der Waals surface area (Å²) in [6, 6.07) is 0. The first-order valence-electron chi connectivity index (χ1n) is 4.49. The van der Waals surface area contributed by atoms with E-state index in [0.29, 0.717) is 0 Å². The van der Waals surface area contributed by atoms with Crippen molar-refractivity contribution in [3.05, 3.63) is 24.4 Å². The summed E-state index contributed by atoms with van der Waals surface area (Å²) in [5.74, 6) is 1.60. The van der Waals surface area contributed by atoms with Crippen LogP contribution in [0.15, 0.2) is 29.4 Å². The summed E-state index contributed by atoms with van der Waals surface area (Å²) in [6.45, 7) is 10.0. The molecule has 1 nitrogen and oxygen atoms in total. The predicted molar refractivity (Wildman–Crippen MR) is 54.3 cm³/mol. The van der Waals surface area contributed by atoms with Crippen molar-refractivity contribution in [1.82, 2.24) is 0 Å². The quantitative estimate of drug-likeness (QED) is 0.447. The molecule has 0 amide bonds. The summed E-state index contributed by atoms with van der Waals surface area (Å²) >= 11 is 0. The number of hydrogen-bond donors (Lipinski definition) is 0. The SMILES string of the molecule is C=C/C=C(/C)N=C(C)C1CC1C. The van der Waals surface area contributed by atoms with Gasteiger partial charge in [-0.05, 0) is 38.2 Å². The normalized spacial score (nSPS) is 30.2. The summed E-state index contributed by atoms with van der Waals surface area (Å²) in [4.78, 5) is 4.49. The minimum Gasteiger partial charge on any atom is -0.263 e. The fraction of sp³-hybridized carbons (Fsp3) is 0.545. The molecule has 0 spiro atoms. The van der Waals surface area contributed by atoms with Crippen molar-refractivity contribution in [3.63, 3.8) is 0 Å². The molecule has 1 saturated carbocycles. The summed E-state index contributed by atoms with van der Waals surface area (Å²) in [5, 5.41) is 0. The highest BCUT2D eigenvalue weighted by Gasteiger charge is 2.34. The van der Waals surface area contributed by atoms with Gasteiger partial charge in [0.1, 0.15) is 0 Å². The molecule has 0 heterocycles. The molecule has 66 valence electrons. The number of aliphatic imine (C=N–C) groups is 1. The lowest BCUT2D eigenvalue weighted by molar-refractivity contribution is 0.920. The van der Waals surface area contributed by atoms with Gasteiger partial charge < -0.3 is 0 Å². The van der Waals surface area contributed by atoms with Crippen LogP contribution in [0, 0.1) is 11.8 Å². The van der Waals surface area contributed by atoms with Crippen molar-refractivity contribution in [3.8, 4) is 0 Å². The van der Waals surface area contributed by atoms with Crippen molar-refractivity contribution in [2.45, 2.75) is 27.2 Å². The van der Waals surface area contributed by atoms with Gasteiger partial charge in [0, 0.05) is 11.4 Å². The monoisotopic (exact) mass is 163 g/mol. The Morgan fingerprint density at radius 3 is 2.50 bits per heavy atom. The second-order valence-corrected chi connectivity index (χ2v) is 3.62. The summed E-state index contributed by atoms with van der Waals surface area (Å²) < 4.78 is 0. The Labute approximate surface area is 74.9 Å². The van der Waals surface area contributed by atoms with Crippen LogP contribution in [-0.4, -0.2) is 5.71 Å². The van der Waals surface area contributed by atoms with Crippen LogP contribution in [0.2, 0.25) is 0 Å². The van der Waals surface area contributed by atoms with Crippen LogP contribution in [0.3, 0.4) is 0 Å². The fourth-order valence-corrected chi connectivity index (χ4v) is 1.47. The van der Waals surface area contributed by atoms with Gasteiger partial charge in [0.25, 0.3) is 0 Å². The highest BCUT2D eigenvalue weighted by molar-refractivity contribution is 5.87. The first kappa shape index (κ1) is 9.24. The molecule has 1 rings (SSSR count). The molecule has 0 N–H and O–H groups in total. The van der Waals surface area contributed by atoms with Crippen molar-refractivity contribution >= 4 is 5.71 Å². The molecular formula is C11H17N. The molecule has 0 saturated heterocycles. The molecule has 1 heteroatoms. The maximum atomic E-state index is 4.49. The minimum atomic E-state index is 0.748. The lowest BCUT2D eigenvalue weighted by atomic mass is 10.2. The molecule has 2 atom stereocenters. The van der Waals surface area contributed by atoms with Crippen molar-refractivity contribution in [2.24, 2.45) is 16.8 Å². The molecule has 0 radical (unpaired) electrons. The molecule has 2 unspecified atom stereocenters. The van der Waals surface area contributed by atoms with E-state index in [0.717, 1.165) is 17.5 Å². The second-order valence-electron chi connectivity index (χ2n) is 3.62. The average Bonchev–Trinajstić information content (AvgIpc) is 2.67. The zero-order valence-electron chi connectivity index (χ0n) is 8.17. The van der Waals surface area contributed by atoms with Crippen molar-refractivity contribution < 1.29 is 0 Å². The maximum absolute atomic E-state index is 4.49. The van der Waals surface area contributed by atoms with E-state index in [-0.39, 0.29) is 0 Å². The first-order chi connectivity index (χ1) is 5.65. The third-order valence-electron chi connectivity index (χ3n) is 2.36. The van der Waals surface area contributed by atoms with Gasteiger partial charge in [-0.3, -0.25) is 4.99 Å². The molecule has 0 aromatic heterocycles. The Morgan fingerprint density at radius 1 is 1.50 bits per heavy atom. The van der Waals surface area contributed by atoms with Gasteiger partial charge >= 0.3 is 0 Å². The standard InChI is InChI=1S/C11H17N/c1-5-6-9(3)12-10(4)11-7-8(11)2/h5-6,8,11H,1,7H2,2-4H3/b9-6-,12-10?. The molecule has 1 fully saturated rings. The third-order valence-corrected chi connectivity index (χ3v) is 2.36. The van der Waals surface area contributed by atoms with Gasteiger partial charge in [-0.2, -0.15) is 0 Å². The van der Waals surface area contributed by atoms with E-state index in [9.17, 15) is 0 Å². The third kappa shape index (κ3) is 2.33. The highest BCUT2D eigenvalue weighted by Crippen LogP contribution is 2.39. The Bertz CT molecular complexity index is 235. The largest absolute Gasteiger partial charge is 0.263 e. The zero-order valence-corrected chi connectivity index (χ0v) is 8.17. The van der Waals surface area contributed by atoms with Crippen molar-refractivity contribution in [2.75, 3.05) is 0 Å². The topological polar surface area (TPSA) is 12.4 Å². The van der Waals surface area contributed by atoms with Gasteiger partial charge in [0.05, 0.1) is 0 Å². The van der Waals surface area contributed by atoms with Crippen LogP contribution in [0.4, 0.5) is 0 Å². The Hall–Kier alpha value is -0.850. The zero-order chi connectivity index (χ0) is 9.14. The predicted octanol–water partition coefficient (Wildman–Crippen LogP) is 3.19. The lowest BCUT2D eigenvalue weighted by Gasteiger charge is -1.96. The molecule has 1 aliphatic carbocycles. The van der Waals surface area contributed by atoms with Gasteiger partial charge in [0.2, 0.25) is 0 Å². The van der Waals surface area contributed by atoms with E-state index in [1.807, 2.05) is 13.0 Å². The molecule has 0 bridgehead atoms. The Kier molecular flexibility index (Phi) is 2.85. The van der Waals surface area contributed by atoms with Gasteiger partial charge in [-0.25, -0.2) is 0 Å². The minimum absolute atomic E-state index is 0.748. The van der Waals surface area contributed by atoms with Crippen LogP contribution in [0.25, 0.3) is 0 Å². The van der Waals surface area contributed by atoms with Gasteiger partial charge in [0.15, 0.2) is 0 Å². The number of hydrogen-bond acceptors (Lipinski definition) is 1. The number of allylic oxidation sites excluding steroid dienone is 3. The number of nitrogens with zero attached hydrogens (tertiary/aromatic N) is 1.